The normalized spacial score (nSPS) is 12.5. The molecule has 3 nitrogen and oxygen atoms in total. The van der Waals surface area contributed by atoms with E-state index in [1.165, 1.54) is 6.07 Å². The maximum absolute atomic E-state index is 13.4. The van der Waals surface area contributed by atoms with Gasteiger partial charge in [-0.05, 0) is 29.8 Å². The molecule has 18 heavy (non-hydrogen) atoms. The van der Waals surface area contributed by atoms with Gasteiger partial charge >= 0.3 is 0 Å². The number of benzene rings is 2. The van der Waals surface area contributed by atoms with Crippen LogP contribution in [0.5, 0.6) is 11.5 Å². The molecular formula is C14H12FNO2. The van der Waals surface area contributed by atoms with Gasteiger partial charge in [-0.1, -0.05) is 18.2 Å². The van der Waals surface area contributed by atoms with E-state index in [2.05, 4.69) is 5.32 Å². The van der Waals surface area contributed by atoms with Crippen LogP contribution in [0.15, 0.2) is 42.5 Å². The number of nitrogens with one attached hydrogen (secondary N) is 1. The van der Waals surface area contributed by atoms with Crippen molar-refractivity contribution in [3.63, 3.8) is 0 Å². The summed E-state index contributed by atoms with van der Waals surface area (Å²) in [7, 11) is 0. The topological polar surface area (TPSA) is 30.5 Å². The Labute approximate surface area is 104 Å². The van der Waals surface area contributed by atoms with E-state index in [1.54, 1.807) is 18.2 Å². The van der Waals surface area contributed by atoms with Crippen LogP contribution in [-0.2, 0) is 6.54 Å². The minimum atomic E-state index is -0.252. The molecule has 0 saturated heterocycles. The van der Waals surface area contributed by atoms with E-state index >= 15 is 0 Å². The number of anilines is 1. The van der Waals surface area contributed by atoms with Crippen molar-refractivity contribution >= 4 is 5.69 Å². The maximum atomic E-state index is 13.4. The lowest BCUT2D eigenvalue weighted by Gasteiger charge is -2.08. The Hall–Kier alpha value is -2.23. The van der Waals surface area contributed by atoms with Gasteiger partial charge in [-0.25, -0.2) is 4.39 Å². The molecule has 0 radical (unpaired) electrons. The molecule has 1 aliphatic rings. The van der Waals surface area contributed by atoms with Crippen LogP contribution in [0.2, 0.25) is 0 Å². The molecule has 0 fully saturated rings. The molecule has 2 aromatic carbocycles. The first-order valence-electron chi connectivity index (χ1n) is 5.70. The predicted octanol–water partition coefficient (Wildman–Crippen LogP) is 3.17. The van der Waals surface area contributed by atoms with E-state index in [1.807, 2.05) is 18.2 Å². The average Bonchev–Trinajstić information content (AvgIpc) is 2.85. The Morgan fingerprint density at radius 3 is 2.78 bits per heavy atom. The van der Waals surface area contributed by atoms with Crippen LogP contribution in [0.3, 0.4) is 0 Å². The first kappa shape index (κ1) is 10.9. The molecule has 0 aromatic heterocycles. The average molecular weight is 245 g/mol. The third-order valence-electron chi connectivity index (χ3n) is 2.79. The predicted molar refractivity (Wildman–Crippen MR) is 66.3 cm³/mol. The van der Waals surface area contributed by atoms with Gasteiger partial charge in [0.15, 0.2) is 11.5 Å². The third-order valence-corrected chi connectivity index (χ3v) is 2.79. The van der Waals surface area contributed by atoms with Gasteiger partial charge in [0.25, 0.3) is 0 Å². The minimum absolute atomic E-state index is 0.252. The fourth-order valence-electron chi connectivity index (χ4n) is 1.85. The van der Waals surface area contributed by atoms with Crippen molar-refractivity contribution in [2.75, 3.05) is 12.1 Å². The first-order chi connectivity index (χ1) is 8.83. The molecule has 3 rings (SSSR count). The standard InChI is InChI=1S/C14H12FNO2/c15-11-3-1-2-4-12(11)16-8-10-5-6-13-14(7-10)18-9-17-13/h1-7,16H,8-9H2. The minimum Gasteiger partial charge on any atom is -0.454 e. The number of ether oxygens (including phenoxy) is 2. The summed E-state index contributed by atoms with van der Waals surface area (Å²) >= 11 is 0. The molecule has 92 valence electrons. The molecule has 0 amide bonds. The maximum Gasteiger partial charge on any atom is 0.231 e. The number of rotatable bonds is 3. The van der Waals surface area contributed by atoms with E-state index < -0.39 is 0 Å². The summed E-state index contributed by atoms with van der Waals surface area (Å²) in [5, 5.41) is 3.05. The summed E-state index contributed by atoms with van der Waals surface area (Å²) in [6, 6.07) is 12.3. The van der Waals surface area contributed by atoms with Crippen molar-refractivity contribution in [1.82, 2.24) is 0 Å². The van der Waals surface area contributed by atoms with Crippen molar-refractivity contribution < 1.29 is 13.9 Å². The summed E-state index contributed by atoms with van der Waals surface area (Å²) in [4.78, 5) is 0. The largest absolute Gasteiger partial charge is 0.454 e. The van der Waals surface area contributed by atoms with Crippen molar-refractivity contribution in [2.24, 2.45) is 0 Å². The summed E-state index contributed by atoms with van der Waals surface area (Å²) in [6.07, 6.45) is 0. The zero-order valence-electron chi connectivity index (χ0n) is 9.65. The molecule has 0 spiro atoms. The summed E-state index contributed by atoms with van der Waals surface area (Å²) in [5.74, 6) is 1.24. The van der Waals surface area contributed by atoms with E-state index in [4.69, 9.17) is 9.47 Å². The number of hydrogen-bond donors (Lipinski definition) is 1. The molecule has 4 heteroatoms. The highest BCUT2D eigenvalue weighted by Gasteiger charge is 2.13. The Balaban J connectivity index is 1.72. The van der Waals surface area contributed by atoms with Crippen molar-refractivity contribution in [3.05, 3.63) is 53.8 Å². The quantitative estimate of drug-likeness (QED) is 0.901. The molecule has 2 aromatic rings. The number of fused-ring (bicyclic) bond motifs is 1. The van der Waals surface area contributed by atoms with Crippen LogP contribution in [0.4, 0.5) is 10.1 Å². The lowest BCUT2D eigenvalue weighted by Crippen LogP contribution is -2.01. The lowest BCUT2D eigenvalue weighted by molar-refractivity contribution is 0.174. The summed E-state index contributed by atoms with van der Waals surface area (Å²) in [5.41, 5.74) is 1.51. The molecule has 1 heterocycles. The molecule has 0 aliphatic carbocycles. The fraction of sp³-hybridized carbons (Fsp3) is 0.143. The first-order valence-corrected chi connectivity index (χ1v) is 5.70. The van der Waals surface area contributed by atoms with Crippen LogP contribution >= 0.6 is 0 Å². The number of hydrogen-bond acceptors (Lipinski definition) is 3. The zero-order chi connectivity index (χ0) is 12.4. The van der Waals surface area contributed by atoms with Gasteiger partial charge in [-0.2, -0.15) is 0 Å². The van der Waals surface area contributed by atoms with Crippen LogP contribution in [0.25, 0.3) is 0 Å². The van der Waals surface area contributed by atoms with Crippen LogP contribution < -0.4 is 14.8 Å². The van der Waals surface area contributed by atoms with Gasteiger partial charge in [0.2, 0.25) is 6.79 Å². The van der Waals surface area contributed by atoms with Gasteiger partial charge in [0.1, 0.15) is 5.82 Å². The van der Waals surface area contributed by atoms with Gasteiger partial charge in [0.05, 0.1) is 5.69 Å². The zero-order valence-corrected chi connectivity index (χ0v) is 9.65. The second kappa shape index (κ2) is 4.56. The fourth-order valence-corrected chi connectivity index (χ4v) is 1.85. The van der Waals surface area contributed by atoms with Crippen LogP contribution in [0.1, 0.15) is 5.56 Å². The van der Waals surface area contributed by atoms with Gasteiger partial charge in [0, 0.05) is 6.54 Å². The van der Waals surface area contributed by atoms with Gasteiger partial charge < -0.3 is 14.8 Å². The number of para-hydroxylation sites is 1. The lowest BCUT2D eigenvalue weighted by atomic mass is 10.2. The molecule has 0 saturated carbocycles. The Morgan fingerprint density at radius 1 is 1.06 bits per heavy atom. The molecule has 0 unspecified atom stereocenters. The Morgan fingerprint density at radius 2 is 1.89 bits per heavy atom. The summed E-state index contributed by atoms with van der Waals surface area (Å²) in [6.45, 7) is 0.803. The molecular weight excluding hydrogens is 233 g/mol. The second-order valence-corrected chi connectivity index (χ2v) is 4.02. The molecule has 1 N–H and O–H groups in total. The van der Waals surface area contributed by atoms with E-state index in [0.717, 1.165) is 17.1 Å². The highest BCUT2D eigenvalue weighted by molar-refractivity contribution is 5.48. The van der Waals surface area contributed by atoms with E-state index in [0.29, 0.717) is 12.2 Å². The van der Waals surface area contributed by atoms with Crippen LogP contribution in [0, 0.1) is 5.82 Å². The smallest absolute Gasteiger partial charge is 0.231 e. The molecule has 0 bridgehead atoms. The highest BCUT2D eigenvalue weighted by atomic mass is 19.1. The molecule has 0 atom stereocenters. The van der Waals surface area contributed by atoms with Gasteiger partial charge in [-0.15, -0.1) is 0 Å². The number of halogens is 1. The Bertz CT molecular complexity index is 571. The second-order valence-electron chi connectivity index (χ2n) is 4.02. The Kier molecular flexibility index (Phi) is 2.76. The third kappa shape index (κ3) is 2.09. The van der Waals surface area contributed by atoms with Gasteiger partial charge in [-0.3, -0.25) is 0 Å². The van der Waals surface area contributed by atoms with E-state index in [-0.39, 0.29) is 12.6 Å². The van der Waals surface area contributed by atoms with Crippen molar-refractivity contribution in [2.45, 2.75) is 6.54 Å². The van der Waals surface area contributed by atoms with Crippen molar-refractivity contribution in [1.29, 1.82) is 0 Å². The van der Waals surface area contributed by atoms with Crippen LogP contribution in [-0.4, -0.2) is 6.79 Å². The van der Waals surface area contributed by atoms with E-state index in [9.17, 15) is 4.39 Å². The molecule has 1 aliphatic heterocycles. The monoisotopic (exact) mass is 245 g/mol. The summed E-state index contributed by atoms with van der Waals surface area (Å²) < 4.78 is 23.9. The highest BCUT2D eigenvalue weighted by Crippen LogP contribution is 2.32. The van der Waals surface area contributed by atoms with Crippen molar-refractivity contribution in [3.8, 4) is 11.5 Å². The SMILES string of the molecule is Fc1ccccc1NCc1ccc2c(c1)OCO2.